The van der Waals surface area contributed by atoms with Gasteiger partial charge in [0, 0.05) is 49.6 Å². The van der Waals surface area contributed by atoms with Gasteiger partial charge in [-0.3, -0.25) is 0 Å². The summed E-state index contributed by atoms with van der Waals surface area (Å²) < 4.78 is 2.52. The molecule has 0 saturated heterocycles. The van der Waals surface area contributed by atoms with Gasteiger partial charge >= 0.3 is 0 Å². The molecule has 0 spiro atoms. The first-order valence-corrected chi connectivity index (χ1v) is 23.7. The zero-order valence-corrected chi connectivity index (χ0v) is 37.6. The van der Waals surface area contributed by atoms with Crippen molar-refractivity contribution in [3.8, 4) is 44.5 Å². The van der Waals surface area contributed by atoms with E-state index < -0.39 is 0 Å². The van der Waals surface area contributed by atoms with Gasteiger partial charge in [-0.25, -0.2) is 0 Å². The number of benzene rings is 9. The van der Waals surface area contributed by atoms with Crippen LogP contribution in [-0.4, -0.2) is 4.40 Å². The van der Waals surface area contributed by atoms with E-state index in [1.165, 1.54) is 116 Å². The highest BCUT2D eigenvalue weighted by atomic mass is 15.1. The topological polar surface area (TPSA) is 7.65 Å². The molecule has 9 aromatic carbocycles. The molecule has 0 saturated carbocycles. The Hall–Kier alpha value is -8.20. The van der Waals surface area contributed by atoms with E-state index in [-0.39, 0.29) is 5.41 Å². The summed E-state index contributed by atoms with van der Waals surface area (Å²) >= 11 is 0. The molecule has 2 nitrogen and oxygen atoms in total. The smallest absolute Gasteiger partial charge is 0.0620 e. The number of allylic oxidation sites excluding steroid dienone is 5. The Kier molecular flexibility index (Phi) is 8.19. The van der Waals surface area contributed by atoms with E-state index in [4.69, 9.17) is 0 Å². The number of fused-ring (bicyclic) bond motifs is 11. The molecule has 11 aromatic rings. The van der Waals surface area contributed by atoms with E-state index in [0.29, 0.717) is 0 Å². The third kappa shape index (κ3) is 5.63. The summed E-state index contributed by atoms with van der Waals surface area (Å²) in [5, 5.41) is 5.25. The fourth-order valence-electron chi connectivity index (χ4n) is 12.2. The fraction of sp³-hybridized carbons (Fsp3) is 0.0769. The van der Waals surface area contributed by atoms with Crippen LogP contribution < -0.4 is 4.90 Å². The average Bonchev–Trinajstić information content (AvgIpc) is 4.04. The van der Waals surface area contributed by atoms with Crippen LogP contribution in [0.5, 0.6) is 0 Å². The molecule has 0 unspecified atom stereocenters. The molecule has 67 heavy (non-hydrogen) atoms. The van der Waals surface area contributed by atoms with E-state index in [1.54, 1.807) is 0 Å². The normalized spacial score (nSPS) is 14.7. The first kappa shape index (κ1) is 38.1. The van der Waals surface area contributed by atoms with Crippen molar-refractivity contribution in [2.75, 3.05) is 4.90 Å². The second kappa shape index (κ2) is 14.4. The van der Waals surface area contributed by atoms with Crippen LogP contribution in [0, 0.1) is 0 Å². The Morgan fingerprint density at radius 3 is 1.88 bits per heavy atom. The fourth-order valence-corrected chi connectivity index (χ4v) is 12.2. The highest BCUT2D eigenvalue weighted by molar-refractivity contribution is 6.25. The second-order valence-corrected chi connectivity index (χ2v) is 19.2. The van der Waals surface area contributed by atoms with Crippen molar-refractivity contribution in [2.24, 2.45) is 0 Å². The second-order valence-electron chi connectivity index (χ2n) is 19.2. The summed E-state index contributed by atoms with van der Waals surface area (Å²) in [5.41, 5.74) is 25.8. The highest BCUT2D eigenvalue weighted by Gasteiger charge is 2.37. The molecule has 3 aliphatic carbocycles. The third-order valence-electron chi connectivity index (χ3n) is 15.2. The van der Waals surface area contributed by atoms with Gasteiger partial charge in [-0.05, 0) is 128 Å². The lowest BCUT2D eigenvalue weighted by Crippen LogP contribution is -2.16. The molecule has 2 aromatic heterocycles. The lowest BCUT2D eigenvalue weighted by molar-refractivity contribution is 0.662. The van der Waals surface area contributed by atoms with Crippen molar-refractivity contribution in [3.63, 3.8) is 0 Å². The van der Waals surface area contributed by atoms with Gasteiger partial charge in [0.2, 0.25) is 0 Å². The average molecular weight is 855 g/mol. The van der Waals surface area contributed by atoms with Crippen molar-refractivity contribution < 1.29 is 0 Å². The summed E-state index contributed by atoms with van der Waals surface area (Å²) in [6.07, 6.45) is 8.95. The molecule has 0 bridgehead atoms. The minimum absolute atomic E-state index is 0.0914. The predicted molar refractivity (Wildman–Crippen MR) is 282 cm³/mol. The zero-order valence-electron chi connectivity index (χ0n) is 37.6. The zero-order chi connectivity index (χ0) is 44.4. The van der Waals surface area contributed by atoms with Gasteiger partial charge in [0.05, 0.1) is 16.6 Å². The van der Waals surface area contributed by atoms with E-state index in [1.807, 2.05) is 0 Å². The Labute approximate surface area is 391 Å². The maximum Gasteiger partial charge on any atom is 0.0620 e. The summed E-state index contributed by atoms with van der Waals surface area (Å²) in [5.74, 6) is 0. The van der Waals surface area contributed by atoms with Crippen LogP contribution in [0.25, 0.3) is 88.2 Å². The summed E-state index contributed by atoms with van der Waals surface area (Å²) in [6.45, 7) is 4.75. The van der Waals surface area contributed by atoms with Gasteiger partial charge in [-0.15, -0.1) is 0 Å². The maximum absolute atomic E-state index is 2.52. The van der Waals surface area contributed by atoms with Crippen molar-refractivity contribution in [3.05, 3.63) is 252 Å². The minimum Gasteiger partial charge on any atom is -0.311 e. The minimum atomic E-state index is -0.0914. The first-order valence-electron chi connectivity index (χ1n) is 23.7. The van der Waals surface area contributed by atoms with Gasteiger partial charge in [-0.1, -0.05) is 190 Å². The lowest BCUT2D eigenvalue weighted by Gasteiger charge is -2.28. The van der Waals surface area contributed by atoms with Crippen molar-refractivity contribution in [2.45, 2.75) is 32.1 Å². The largest absolute Gasteiger partial charge is 0.311 e. The van der Waals surface area contributed by atoms with Crippen LogP contribution in [0.3, 0.4) is 0 Å². The molecule has 0 aliphatic heterocycles. The number of anilines is 2. The number of hydrogen-bond acceptors (Lipinski definition) is 1. The summed E-state index contributed by atoms with van der Waals surface area (Å²) in [6, 6.07) is 74.5. The Morgan fingerprint density at radius 1 is 0.463 bits per heavy atom. The van der Waals surface area contributed by atoms with E-state index in [2.05, 4.69) is 242 Å². The number of hydrogen-bond donors (Lipinski definition) is 0. The van der Waals surface area contributed by atoms with Gasteiger partial charge in [0.1, 0.15) is 0 Å². The third-order valence-corrected chi connectivity index (χ3v) is 15.2. The van der Waals surface area contributed by atoms with Crippen LogP contribution >= 0.6 is 0 Å². The maximum atomic E-state index is 2.52. The summed E-state index contributed by atoms with van der Waals surface area (Å²) in [4.78, 5) is 2.45. The quantitative estimate of drug-likeness (QED) is 0.162. The van der Waals surface area contributed by atoms with E-state index >= 15 is 0 Å². The molecule has 14 rings (SSSR count). The standard InChI is InChI=1S/C65H46N2/c1-65(2)60-26-8-6-17-54(60)56-22-11-20-52(62(56)65)43-30-35-48(36-31-43)66(47-33-28-42(29-34-47)41-14-4-3-5-15-41)49-16-10-19-50-46(40-49)39-45-38-44(32-37-51(45)50)53-21-12-24-58-59-25-13-23-57-55-18-7-9-27-61(55)67(63(53)58)64(57)59/h3-18,20-38,40H,19,39H2,1-2H3. The highest BCUT2D eigenvalue weighted by Crippen LogP contribution is 2.52. The van der Waals surface area contributed by atoms with Gasteiger partial charge in [0.15, 0.2) is 0 Å². The molecule has 0 N–H and O–H groups in total. The van der Waals surface area contributed by atoms with Gasteiger partial charge in [0.25, 0.3) is 0 Å². The summed E-state index contributed by atoms with van der Waals surface area (Å²) in [7, 11) is 0. The lowest BCUT2D eigenvalue weighted by atomic mass is 9.79. The van der Waals surface area contributed by atoms with Crippen LogP contribution in [0.1, 0.15) is 42.5 Å². The predicted octanol–water partition coefficient (Wildman–Crippen LogP) is 17.1. The van der Waals surface area contributed by atoms with Crippen molar-refractivity contribution >= 4 is 55.0 Å². The molecule has 0 atom stereocenters. The molecule has 0 fully saturated rings. The monoisotopic (exact) mass is 854 g/mol. The molecule has 0 radical (unpaired) electrons. The SMILES string of the molecule is CC1(C)c2ccccc2-c2cccc(-c3ccc(N(C4=CC5=C(CC=C4)c4ccc(-c6cccc7c8cccc9c%10ccccc%10n(c67)c98)cc4C5)c4ccc(-c5ccccc5)cc4)cc3)c21. The van der Waals surface area contributed by atoms with Gasteiger partial charge < -0.3 is 9.30 Å². The first-order chi connectivity index (χ1) is 33.0. The van der Waals surface area contributed by atoms with E-state index in [9.17, 15) is 0 Å². The molecule has 0 amide bonds. The van der Waals surface area contributed by atoms with Crippen molar-refractivity contribution in [1.82, 2.24) is 4.40 Å². The molecule has 3 aliphatic rings. The van der Waals surface area contributed by atoms with E-state index in [0.717, 1.165) is 29.9 Å². The number of aromatic nitrogens is 1. The van der Waals surface area contributed by atoms with Crippen LogP contribution in [0.4, 0.5) is 11.4 Å². The molecule has 316 valence electrons. The van der Waals surface area contributed by atoms with Crippen molar-refractivity contribution in [1.29, 1.82) is 0 Å². The number of nitrogens with zero attached hydrogens (tertiary/aromatic N) is 2. The molecular formula is C65H46N2. The van der Waals surface area contributed by atoms with Gasteiger partial charge in [-0.2, -0.15) is 0 Å². The Morgan fingerprint density at radius 2 is 1.06 bits per heavy atom. The molecule has 2 heterocycles. The molecular weight excluding hydrogens is 809 g/mol. The van der Waals surface area contributed by atoms with Crippen LogP contribution in [0.2, 0.25) is 0 Å². The number of rotatable bonds is 6. The Balaban J connectivity index is 0.854. The number of para-hydroxylation sites is 3. The molecule has 2 heteroatoms. The Bertz CT molecular complexity index is 3910. The van der Waals surface area contributed by atoms with Crippen LogP contribution in [0.15, 0.2) is 230 Å². The van der Waals surface area contributed by atoms with Crippen LogP contribution in [-0.2, 0) is 11.8 Å².